The molecule has 8 aromatic carbocycles. The number of hydrogen-bond donors (Lipinski definition) is 0. The van der Waals surface area contributed by atoms with Gasteiger partial charge in [0.05, 0.1) is 11.0 Å². The molecule has 5 heteroatoms. The number of aromatic nitrogens is 4. The van der Waals surface area contributed by atoms with E-state index in [-0.39, 0.29) is 0 Å². The Bertz CT molecular complexity index is 3180. The van der Waals surface area contributed by atoms with Crippen molar-refractivity contribution in [2.75, 3.05) is 0 Å². The highest BCUT2D eigenvalue weighted by atomic mass is 16.3. The Balaban J connectivity index is 1.00. The van der Waals surface area contributed by atoms with E-state index in [0.29, 0.717) is 17.5 Å². The minimum Gasteiger partial charge on any atom is -0.456 e. The molecule has 0 bridgehead atoms. The second-order valence-electron chi connectivity index (χ2n) is 14.0. The highest BCUT2D eigenvalue weighted by molar-refractivity contribution is 6.13. The van der Waals surface area contributed by atoms with Crippen molar-refractivity contribution in [3.8, 4) is 62.1 Å². The summed E-state index contributed by atoms with van der Waals surface area (Å²) in [5, 5.41) is 4.47. The number of fused-ring (bicyclic) bond motifs is 6. The lowest BCUT2D eigenvalue weighted by molar-refractivity contribution is 0.669. The quantitative estimate of drug-likeness (QED) is 0.172. The largest absolute Gasteiger partial charge is 0.456 e. The van der Waals surface area contributed by atoms with Crippen LogP contribution in [0.25, 0.3) is 106 Å². The van der Waals surface area contributed by atoms with Crippen LogP contribution in [0.1, 0.15) is 0 Å². The summed E-state index contributed by atoms with van der Waals surface area (Å²) in [6, 6.07) is 67.5. The average Bonchev–Trinajstić information content (AvgIpc) is 3.82. The summed E-state index contributed by atoms with van der Waals surface area (Å²) in [5.41, 5.74) is 12.4. The van der Waals surface area contributed by atoms with Gasteiger partial charge in [0.1, 0.15) is 11.2 Å². The SMILES string of the molecule is c1ccc(-c2nc(-c3ccccc3)nc(-c3cccc4oc5cc(-c6cccc(-c7ccc8c(c7)c7ccccc7n8-c7ccccc7)c6)ccc5c34)n2)cc1. The summed E-state index contributed by atoms with van der Waals surface area (Å²) in [6.07, 6.45) is 0. The molecule has 262 valence electrons. The van der Waals surface area contributed by atoms with Crippen LogP contribution < -0.4 is 0 Å². The first-order chi connectivity index (χ1) is 27.7. The van der Waals surface area contributed by atoms with Crippen molar-refractivity contribution in [3.05, 3.63) is 194 Å². The molecule has 5 nitrogen and oxygen atoms in total. The Labute approximate surface area is 322 Å². The molecule has 0 unspecified atom stereocenters. The zero-order chi connectivity index (χ0) is 37.0. The van der Waals surface area contributed by atoms with E-state index in [1.165, 1.54) is 27.4 Å². The lowest BCUT2D eigenvalue weighted by atomic mass is 9.97. The first kappa shape index (κ1) is 31.9. The van der Waals surface area contributed by atoms with E-state index in [1.54, 1.807) is 0 Å². The lowest BCUT2D eigenvalue weighted by Crippen LogP contribution is -2.00. The van der Waals surface area contributed by atoms with E-state index in [0.717, 1.165) is 61.0 Å². The van der Waals surface area contributed by atoms with Gasteiger partial charge in [-0.2, -0.15) is 0 Å². The third-order valence-corrected chi connectivity index (χ3v) is 10.7. The molecule has 0 fully saturated rings. The van der Waals surface area contributed by atoms with Crippen LogP contribution in [-0.2, 0) is 0 Å². The summed E-state index contributed by atoms with van der Waals surface area (Å²) in [6.45, 7) is 0. The van der Waals surface area contributed by atoms with Crippen LogP contribution >= 0.6 is 0 Å². The number of furan rings is 1. The second kappa shape index (κ2) is 13.0. The zero-order valence-corrected chi connectivity index (χ0v) is 30.2. The van der Waals surface area contributed by atoms with Crippen molar-refractivity contribution >= 4 is 43.7 Å². The molecule has 0 atom stereocenters. The van der Waals surface area contributed by atoms with Crippen LogP contribution in [0.2, 0.25) is 0 Å². The van der Waals surface area contributed by atoms with E-state index in [4.69, 9.17) is 19.4 Å². The Morgan fingerprint density at radius 1 is 0.339 bits per heavy atom. The summed E-state index contributed by atoms with van der Waals surface area (Å²) in [5.74, 6) is 1.86. The highest BCUT2D eigenvalue weighted by Crippen LogP contribution is 2.40. The van der Waals surface area contributed by atoms with Crippen molar-refractivity contribution in [1.82, 2.24) is 19.5 Å². The van der Waals surface area contributed by atoms with Gasteiger partial charge >= 0.3 is 0 Å². The molecule has 0 amide bonds. The van der Waals surface area contributed by atoms with Crippen molar-refractivity contribution in [3.63, 3.8) is 0 Å². The number of nitrogens with zero attached hydrogens (tertiary/aromatic N) is 4. The van der Waals surface area contributed by atoms with Crippen LogP contribution in [0.3, 0.4) is 0 Å². The van der Waals surface area contributed by atoms with Crippen LogP contribution in [-0.4, -0.2) is 19.5 Å². The van der Waals surface area contributed by atoms with Gasteiger partial charge in [0, 0.05) is 43.9 Å². The molecule has 0 aliphatic rings. The third kappa shape index (κ3) is 5.37. The van der Waals surface area contributed by atoms with E-state index < -0.39 is 0 Å². The molecule has 3 heterocycles. The summed E-state index contributed by atoms with van der Waals surface area (Å²) < 4.78 is 8.93. The fraction of sp³-hybridized carbons (Fsp3) is 0. The fourth-order valence-corrected chi connectivity index (χ4v) is 8.01. The normalized spacial score (nSPS) is 11.6. The molecular formula is C51H32N4O. The lowest BCUT2D eigenvalue weighted by Gasteiger charge is -2.09. The van der Waals surface area contributed by atoms with Crippen molar-refractivity contribution in [2.45, 2.75) is 0 Å². The smallest absolute Gasteiger partial charge is 0.164 e. The van der Waals surface area contributed by atoms with Gasteiger partial charge in [-0.15, -0.1) is 0 Å². The van der Waals surface area contributed by atoms with Gasteiger partial charge in [-0.25, -0.2) is 15.0 Å². The van der Waals surface area contributed by atoms with Gasteiger partial charge < -0.3 is 8.98 Å². The van der Waals surface area contributed by atoms with Crippen LogP contribution in [0.4, 0.5) is 0 Å². The first-order valence-corrected chi connectivity index (χ1v) is 18.8. The maximum Gasteiger partial charge on any atom is 0.164 e. The molecule has 3 aromatic heterocycles. The summed E-state index contributed by atoms with van der Waals surface area (Å²) >= 11 is 0. The average molecular weight is 717 g/mol. The molecular weight excluding hydrogens is 685 g/mol. The molecule has 56 heavy (non-hydrogen) atoms. The van der Waals surface area contributed by atoms with Crippen molar-refractivity contribution < 1.29 is 4.42 Å². The van der Waals surface area contributed by atoms with Crippen molar-refractivity contribution in [2.24, 2.45) is 0 Å². The Hall–Kier alpha value is -7.63. The Morgan fingerprint density at radius 2 is 0.893 bits per heavy atom. The summed E-state index contributed by atoms with van der Waals surface area (Å²) in [4.78, 5) is 15.0. The second-order valence-corrected chi connectivity index (χ2v) is 14.0. The minimum atomic E-state index is 0.603. The molecule has 11 aromatic rings. The van der Waals surface area contributed by atoms with E-state index in [9.17, 15) is 0 Å². The fourth-order valence-electron chi connectivity index (χ4n) is 8.01. The van der Waals surface area contributed by atoms with Crippen LogP contribution in [0.5, 0.6) is 0 Å². The number of rotatable bonds is 6. The monoisotopic (exact) mass is 716 g/mol. The van der Waals surface area contributed by atoms with E-state index in [2.05, 4.69) is 126 Å². The van der Waals surface area contributed by atoms with Gasteiger partial charge in [-0.1, -0.05) is 140 Å². The van der Waals surface area contributed by atoms with Gasteiger partial charge in [-0.3, -0.25) is 0 Å². The first-order valence-electron chi connectivity index (χ1n) is 18.8. The topological polar surface area (TPSA) is 56.7 Å². The standard InChI is InChI=1S/C51H32N4O/c1-4-14-33(15-5-1)49-52-50(34-16-6-2-7-17-34)54-51(53-49)42-23-13-25-46-48(42)41-28-26-38(32-47(41)56-46)36-19-12-18-35(30-36)37-27-29-45-43(31-37)40-22-10-11-24-44(40)55(45)39-20-8-3-9-21-39/h1-32H. The van der Waals surface area contributed by atoms with Gasteiger partial charge in [0.2, 0.25) is 0 Å². The van der Waals surface area contributed by atoms with Gasteiger partial charge in [-0.05, 0) is 76.9 Å². The minimum absolute atomic E-state index is 0.603. The molecule has 11 rings (SSSR count). The molecule has 0 saturated heterocycles. The molecule has 0 aliphatic carbocycles. The predicted octanol–water partition coefficient (Wildman–Crippen LogP) is 13.2. The van der Waals surface area contributed by atoms with Crippen LogP contribution in [0, 0.1) is 0 Å². The Kier molecular flexibility index (Phi) is 7.42. The van der Waals surface area contributed by atoms with Gasteiger partial charge in [0.15, 0.2) is 17.5 Å². The maximum absolute atomic E-state index is 6.58. The number of para-hydroxylation sites is 2. The van der Waals surface area contributed by atoms with Crippen molar-refractivity contribution in [1.29, 1.82) is 0 Å². The zero-order valence-electron chi connectivity index (χ0n) is 30.2. The number of benzene rings is 8. The molecule has 0 saturated carbocycles. The third-order valence-electron chi connectivity index (χ3n) is 10.7. The van der Waals surface area contributed by atoms with E-state index >= 15 is 0 Å². The van der Waals surface area contributed by atoms with Crippen LogP contribution in [0.15, 0.2) is 199 Å². The molecule has 0 radical (unpaired) electrons. The maximum atomic E-state index is 6.58. The van der Waals surface area contributed by atoms with Gasteiger partial charge in [0.25, 0.3) is 0 Å². The number of hydrogen-bond acceptors (Lipinski definition) is 4. The van der Waals surface area contributed by atoms with E-state index in [1.807, 2.05) is 72.8 Å². The predicted molar refractivity (Wildman–Crippen MR) is 229 cm³/mol. The molecule has 0 aliphatic heterocycles. The molecule has 0 N–H and O–H groups in total. The highest BCUT2D eigenvalue weighted by Gasteiger charge is 2.19. The summed E-state index contributed by atoms with van der Waals surface area (Å²) in [7, 11) is 0. The molecule has 0 spiro atoms. The Morgan fingerprint density at radius 3 is 1.62 bits per heavy atom.